The number of hydrogen-bond donors (Lipinski definition) is 2. The molecule has 0 aliphatic carbocycles. The van der Waals surface area contributed by atoms with Crippen LogP contribution >= 0.6 is 0 Å². The molecule has 1 aromatic rings. The van der Waals surface area contributed by atoms with Gasteiger partial charge in [-0.3, -0.25) is 0 Å². The van der Waals surface area contributed by atoms with Crippen molar-refractivity contribution in [1.29, 1.82) is 0 Å². The summed E-state index contributed by atoms with van der Waals surface area (Å²) in [5.41, 5.74) is 6.74. The number of nitrogens with one attached hydrogen (secondary N) is 1. The summed E-state index contributed by atoms with van der Waals surface area (Å²) in [7, 11) is 0. The number of hydrogen-bond acceptors (Lipinski definition) is 4. The largest absolute Gasteiger partial charge is 0.491 e. The van der Waals surface area contributed by atoms with Crippen molar-refractivity contribution >= 4 is 11.4 Å². The molecule has 0 aromatic heterocycles. The molecule has 19 heavy (non-hydrogen) atoms. The highest BCUT2D eigenvalue weighted by Gasteiger charge is 2.08. The molecule has 0 fully saturated rings. The van der Waals surface area contributed by atoms with Crippen molar-refractivity contribution in [3.63, 3.8) is 0 Å². The maximum absolute atomic E-state index is 13.5. The zero-order valence-corrected chi connectivity index (χ0v) is 11.2. The van der Waals surface area contributed by atoms with E-state index in [9.17, 15) is 4.39 Å². The molecule has 0 saturated heterocycles. The molecule has 0 aliphatic heterocycles. The van der Waals surface area contributed by atoms with Crippen LogP contribution in [-0.4, -0.2) is 26.4 Å². The van der Waals surface area contributed by atoms with E-state index in [0.29, 0.717) is 37.7 Å². The molecular weight excluding hydrogens is 247 g/mol. The molecule has 0 bridgehead atoms. The third-order valence-electron chi connectivity index (χ3n) is 2.43. The Morgan fingerprint density at radius 2 is 2.21 bits per heavy atom. The van der Waals surface area contributed by atoms with Gasteiger partial charge in [0.25, 0.3) is 0 Å². The molecular formula is C14H21FN2O2. The van der Waals surface area contributed by atoms with Crippen LogP contribution in [0.1, 0.15) is 13.3 Å². The molecule has 106 valence electrons. The SMILES string of the molecule is C=CCCOCCNc1cc(OCC)c(F)cc1N. The van der Waals surface area contributed by atoms with E-state index in [0.717, 1.165) is 6.42 Å². The number of halogens is 1. The fraction of sp³-hybridized carbons (Fsp3) is 0.429. The second kappa shape index (κ2) is 8.37. The van der Waals surface area contributed by atoms with E-state index in [1.807, 2.05) is 0 Å². The van der Waals surface area contributed by atoms with Crippen LogP contribution in [0, 0.1) is 5.82 Å². The maximum Gasteiger partial charge on any atom is 0.167 e. The Balaban J connectivity index is 2.48. The lowest BCUT2D eigenvalue weighted by molar-refractivity contribution is 0.149. The van der Waals surface area contributed by atoms with Gasteiger partial charge < -0.3 is 20.5 Å². The van der Waals surface area contributed by atoms with E-state index in [4.69, 9.17) is 15.2 Å². The third-order valence-corrected chi connectivity index (χ3v) is 2.43. The number of ether oxygens (including phenoxy) is 2. The van der Waals surface area contributed by atoms with Crippen molar-refractivity contribution in [2.75, 3.05) is 37.4 Å². The van der Waals surface area contributed by atoms with Gasteiger partial charge in [-0.15, -0.1) is 6.58 Å². The Labute approximate surface area is 113 Å². The normalized spacial score (nSPS) is 10.2. The van der Waals surface area contributed by atoms with Crippen molar-refractivity contribution in [3.8, 4) is 5.75 Å². The predicted molar refractivity (Wildman–Crippen MR) is 76.1 cm³/mol. The van der Waals surface area contributed by atoms with Gasteiger partial charge in [0, 0.05) is 18.7 Å². The molecule has 0 radical (unpaired) electrons. The standard InChI is InChI=1S/C14H21FN2O2/c1-3-5-7-18-8-6-17-13-10-14(19-4-2)11(15)9-12(13)16/h3,9-10,17H,1,4-8,16H2,2H3. The molecule has 0 aliphatic rings. The summed E-state index contributed by atoms with van der Waals surface area (Å²) in [6.45, 7) is 7.61. The topological polar surface area (TPSA) is 56.5 Å². The van der Waals surface area contributed by atoms with Crippen LogP contribution in [0.15, 0.2) is 24.8 Å². The fourth-order valence-electron chi connectivity index (χ4n) is 1.51. The summed E-state index contributed by atoms with van der Waals surface area (Å²) in [5.74, 6) is -0.251. The van der Waals surface area contributed by atoms with Gasteiger partial charge in [0.05, 0.1) is 31.2 Å². The number of nitrogen functional groups attached to an aromatic ring is 1. The molecule has 0 heterocycles. The van der Waals surface area contributed by atoms with Gasteiger partial charge in [0.2, 0.25) is 0 Å². The van der Waals surface area contributed by atoms with Crippen molar-refractivity contribution < 1.29 is 13.9 Å². The zero-order chi connectivity index (χ0) is 14.1. The van der Waals surface area contributed by atoms with Gasteiger partial charge in [-0.2, -0.15) is 0 Å². The van der Waals surface area contributed by atoms with Crippen molar-refractivity contribution in [2.24, 2.45) is 0 Å². The van der Waals surface area contributed by atoms with E-state index < -0.39 is 5.82 Å². The molecule has 0 unspecified atom stereocenters. The number of nitrogens with two attached hydrogens (primary N) is 1. The number of benzene rings is 1. The highest BCUT2D eigenvalue weighted by Crippen LogP contribution is 2.28. The van der Waals surface area contributed by atoms with Crippen LogP contribution in [0.5, 0.6) is 5.75 Å². The van der Waals surface area contributed by atoms with Gasteiger partial charge in [0.1, 0.15) is 0 Å². The van der Waals surface area contributed by atoms with Crippen molar-refractivity contribution in [1.82, 2.24) is 0 Å². The van der Waals surface area contributed by atoms with E-state index in [2.05, 4.69) is 11.9 Å². The molecule has 5 heteroatoms. The summed E-state index contributed by atoms with van der Waals surface area (Å²) >= 11 is 0. The molecule has 1 aromatic carbocycles. The first-order valence-corrected chi connectivity index (χ1v) is 6.33. The van der Waals surface area contributed by atoms with Crippen LogP contribution in [-0.2, 0) is 4.74 Å². The number of rotatable bonds is 9. The maximum atomic E-state index is 13.5. The minimum Gasteiger partial charge on any atom is -0.491 e. The fourth-order valence-corrected chi connectivity index (χ4v) is 1.51. The summed E-state index contributed by atoms with van der Waals surface area (Å²) in [6.07, 6.45) is 2.63. The van der Waals surface area contributed by atoms with Crippen LogP contribution in [0.2, 0.25) is 0 Å². The Morgan fingerprint density at radius 1 is 1.42 bits per heavy atom. The lowest BCUT2D eigenvalue weighted by Crippen LogP contribution is -2.11. The van der Waals surface area contributed by atoms with Crippen LogP contribution < -0.4 is 15.8 Å². The van der Waals surface area contributed by atoms with Crippen LogP contribution in [0.3, 0.4) is 0 Å². The van der Waals surface area contributed by atoms with Crippen LogP contribution in [0.25, 0.3) is 0 Å². The second-order valence-corrected chi connectivity index (χ2v) is 3.92. The third kappa shape index (κ3) is 5.18. The first-order chi connectivity index (χ1) is 9.19. The van der Waals surface area contributed by atoms with Gasteiger partial charge in [0.15, 0.2) is 11.6 Å². The zero-order valence-electron chi connectivity index (χ0n) is 11.2. The van der Waals surface area contributed by atoms with Crippen molar-refractivity contribution in [2.45, 2.75) is 13.3 Å². The lowest BCUT2D eigenvalue weighted by atomic mass is 10.2. The lowest BCUT2D eigenvalue weighted by Gasteiger charge is -2.12. The summed E-state index contributed by atoms with van der Waals surface area (Å²) in [5, 5.41) is 3.09. The van der Waals surface area contributed by atoms with Gasteiger partial charge in [-0.05, 0) is 13.3 Å². The van der Waals surface area contributed by atoms with E-state index in [-0.39, 0.29) is 5.75 Å². The van der Waals surface area contributed by atoms with Gasteiger partial charge in [-0.1, -0.05) is 6.08 Å². The minimum absolute atomic E-state index is 0.201. The van der Waals surface area contributed by atoms with E-state index in [1.54, 1.807) is 19.1 Å². The molecule has 1 rings (SSSR count). The Bertz CT molecular complexity index is 411. The predicted octanol–water partition coefficient (Wildman–Crippen LogP) is 2.81. The van der Waals surface area contributed by atoms with E-state index >= 15 is 0 Å². The average molecular weight is 268 g/mol. The highest BCUT2D eigenvalue weighted by molar-refractivity contribution is 5.68. The van der Waals surface area contributed by atoms with Gasteiger partial charge in [-0.25, -0.2) is 4.39 Å². The molecule has 0 atom stereocenters. The smallest absolute Gasteiger partial charge is 0.167 e. The minimum atomic E-state index is -0.452. The summed E-state index contributed by atoms with van der Waals surface area (Å²) in [4.78, 5) is 0. The number of anilines is 2. The first kappa shape index (κ1) is 15.3. The van der Waals surface area contributed by atoms with E-state index in [1.165, 1.54) is 6.07 Å². The Morgan fingerprint density at radius 3 is 2.89 bits per heavy atom. The summed E-state index contributed by atoms with van der Waals surface area (Å²) in [6, 6.07) is 2.82. The molecule has 4 nitrogen and oxygen atoms in total. The molecule has 0 spiro atoms. The van der Waals surface area contributed by atoms with Crippen molar-refractivity contribution in [3.05, 3.63) is 30.6 Å². The molecule has 3 N–H and O–H groups in total. The monoisotopic (exact) mass is 268 g/mol. The Kier molecular flexibility index (Phi) is 6.74. The first-order valence-electron chi connectivity index (χ1n) is 6.33. The second-order valence-electron chi connectivity index (χ2n) is 3.92. The highest BCUT2D eigenvalue weighted by atomic mass is 19.1. The van der Waals surface area contributed by atoms with Crippen LogP contribution in [0.4, 0.5) is 15.8 Å². The average Bonchev–Trinajstić information content (AvgIpc) is 2.38. The molecule has 0 amide bonds. The Hall–Kier alpha value is -1.75. The summed E-state index contributed by atoms with van der Waals surface area (Å²) < 4.78 is 24.0. The molecule has 0 saturated carbocycles. The quantitative estimate of drug-likeness (QED) is 0.411. The van der Waals surface area contributed by atoms with Gasteiger partial charge >= 0.3 is 0 Å².